The zero-order chi connectivity index (χ0) is 26.5. The largest absolute Gasteiger partial charge is 0.326 e. The van der Waals surface area contributed by atoms with Crippen LogP contribution in [0, 0.1) is 13.8 Å². The molecule has 3 rings (SSSR count). The highest BCUT2D eigenvalue weighted by atomic mass is 35.5. The van der Waals surface area contributed by atoms with Crippen molar-refractivity contribution < 1.29 is 21.6 Å². The van der Waals surface area contributed by atoms with Crippen LogP contribution in [0.1, 0.15) is 24.0 Å². The molecule has 0 radical (unpaired) electrons. The maximum absolute atomic E-state index is 12.7. The van der Waals surface area contributed by atoms with E-state index in [4.69, 9.17) is 11.6 Å². The van der Waals surface area contributed by atoms with E-state index in [1.165, 1.54) is 34.6 Å². The fourth-order valence-corrected chi connectivity index (χ4v) is 5.59. The van der Waals surface area contributed by atoms with Crippen LogP contribution in [0.3, 0.4) is 0 Å². The van der Waals surface area contributed by atoms with Gasteiger partial charge in [0, 0.05) is 23.7 Å². The Labute approximate surface area is 217 Å². The molecule has 0 unspecified atom stereocenters. The van der Waals surface area contributed by atoms with E-state index in [9.17, 15) is 21.6 Å². The number of carbonyl (C=O) groups excluding carboxylic acids is 1. The number of hydrogen-bond donors (Lipinski definition) is 2. The fraction of sp³-hybridized carbons (Fsp3) is 0.240. The van der Waals surface area contributed by atoms with E-state index in [1.807, 2.05) is 26.0 Å². The topological polar surface area (TPSA) is 113 Å². The van der Waals surface area contributed by atoms with Gasteiger partial charge >= 0.3 is 0 Å². The van der Waals surface area contributed by atoms with E-state index in [0.717, 1.165) is 17.4 Å². The van der Waals surface area contributed by atoms with Crippen molar-refractivity contribution in [2.24, 2.45) is 0 Å². The summed E-state index contributed by atoms with van der Waals surface area (Å²) >= 11 is 6.06. The van der Waals surface area contributed by atoms with Gasteiger partial charge in [-0.2, -0.15) is 0 Å². The van der Waals surface area contributed by atoms with E-state index in [0.29, 0.717) is 28.5 Å². The highest BCUT2D eigenvalue weighted by Crippen LogP contribution is 2.23. The van der Waals surface area contributed by atoms with Crippen molar-refractivity contribution in [2.45, 2.75) is 31.6 Å². The molecule has 0 aliphatic heterocycles. The summed E-state index contributed by atoms with van der Waals surface area (Å²) in [7, 11) is -7.34. The molecule has 36 heavy (non-hydrogen) atoms. The first-order valence-electron chi connectivity index (χ1n) is 11.1. The van der Waals surface area contributed by atoms with E-state index in [1.54, 1.807) is 24.3 Å². The molecule has 0 aliphatic carbocycles. The monoisotopic (exact) mass is 549 g/mol. The average Bonchev–Trinajstić information content (AvgIpc) is 2.79. The normalized spacial score (nSPS) is 11.7. The summed E-state index contributed by atoms with van der Waals surface area (Å²) in [5.74, 6) is -0.310. The maximum Gasteiger partial charge on any atom is 0.261 e. The molecule has 0 aromatic heterocycles. The molecule has 11 heteroatoms. The Kier molecular flexibility index (Phi) is 8.65. The molecule has 0 saturated carbocycles. The first-order valence-corrected chi connectivity index (χ1v) is 14.8. The second-order valence-corrected chi connectivity index (χ2v) is 12.4. The maximum atomic E-state index is 12.7. The molecule has 0 spiro atoms. The van der Waals surface area contributed by atoms with Crippen LogP contribution in [0.2, 0.25) is 5.02 Å². The van der Waals surface area contributed by atoms with Crippen LogP contribution < -0.4 is 14.3 Å². The number of hydrogen-bond acceptors (Lipinski definition) is 5. The predicted octanol–water partition coefficient (Wildman–Crippen LogP) is 4.94. The third kappa shape index (κ3) is 7.46. The van der Waals surface area contributed by atoms with E-state index >= 15 is 0 Å². The Hall–Kier alpha value is -3.08. The lowest BCUT2D eigenvalue weighted by Crippen LogP contribution is -2.31. The van der Waals surface area contributed by atoms with Crippen LogP contribution in [-0.2, 0) is 24.8 Å². The smallest absolute Gasteiger partial charge is 0.261 e. The number of rotatable bonds is 10. The van der Waals surface area contributed by atoms with Crippen molar-refractivity contribution in [3.05, 3.63) is 82.9 Å². The number of carbonyl (C=O) groups is 1. The van der Waals surface area contributed by atoms with Crippen molar-refractivity contribution in [3.63, 3.8) is 0 Å². The minimum atomic E-state index is -3.84. The quantitative estimate of drug-likeness (QED) is 0.372. The highest BCUT2D eigenvalue weighted by Gasteiger charge is 2.18. The van der Waals surface area contributed by atoms with Crippen molar-refractivity contribution in [2.75, 3.05) is 27.1 Å². The van der Waals surface area contributed by atoms with Crippen LogP contribution in [0.5, 0.6) is 0 Å². The van der Waals surface area contributed by atoms with E-state index < -0.39 is 20.0 Å². The van der Waals surface area contributed by atoms with Crippen LogP contribution >= 0.6 is 11.6 Å². The SMILES string of the molecule is Cc1ccc(N(CCCC(=O)Nc2ccc(S(=O)(=O)Nc3ccc(C)c(Cl)c3)cc2)S(C)(=O)=O)cc1. The summed E-state index contributed by atoms with van der Waals surface area (Å²) in [6.07, 6.45) is 1.53. The number of nitrogens with zero attached hydrogens (tertiary/aromatic N) is 1. The zero-order valence-electron chi connectivity index (χ0n) is 20.2. The van der Waals surface area contributed by atoms with Crippen molar-refractivity contribution in [3.8, 4) is 0 Å². The molecular weight excluding hydrogens is 522 g/mol. The summed E-state index contributed by atoms with van der Waals surface area (Å²) in [5, 5.41) is 3.15. The van der Waals surface area contributed by atoms with E-state index in [2.05, 4.69) is 10.0 Å². The van der Waals surface area contributed by atoms with Crippen LogP contribution in [0.4, 0.5) is 17.1 Å². The highest BCUT2D eigenvalue weighted by molar-refractivity contribution is 7.92. The third-order valence-electron chi connectivity index (χ3n) is 5.36. The lowest BCUT2D eigenvalue weighted by atomic mass is 10.2. The fourth-order valence-electron chi connectivity index (χ4n) is 3.39. The molecule has 0 fully saturated rings. The minimum absolute atomic E-state index is 0.0269. The van der Waals surface area contributed by atoms with Gasteiger partial charge < -0.3 is 5.32 Å². The molecule has 192 valence electrons. The van der Waals surface area contributed by atoms with Gasteiger partial charge in [-0.05, 0) is 74.4 Å². The molecule has 8 nitrogen and oxygen atoms in total. The summed E-state index contributed by atoms with van der Waals surface area (Å²) in [5.41, 5.74) is 3.16. The molecule has 0 heterocycles. The number of sulfonamides is 2. The predicted molar refractivity (Wildman–Crippen MR) is 145 cm³/mol. The lowest BCUT2D eigenvalue weighted by molar-refractivity contribution is -0.116. The molecule has 0 aliphatic rings. The number of halogens is 1. The van der Waals surface area contributed by atoms with Crippen LogP contribution in [0.25, 0.3) is 0 Å². The lowest BCUT2D eigenvalue weighted by Gasteiger charge is -2.22. The van der Waals surface area contributed by atoms with Gasteiger partial charge in [0.05, 0.1) is 22.5 Å². The number of benzene rings is 3. The van der Waals surface area contributed by atoms with Crippen molar-refractivity contribution in [1.29, 1.82) is 0 Å². The zero-order valence-corrected chi connectivity index (χ0v) is 22.5. The van der Waals surface area contributed by atoms with E-state index in [-0.39, 0.29) is 23.8 Å². The Balaban J connectivity index is 1.57. The summed E-state index contributed by atoms with van der Waals surface area (Å²) in [4.78, 5) is 12.4. The molecule has 1 amide bonds. The number of anilines is 3. The second-order valence-electron chi connectivity index (χ2n) is 8.42. The first kappa shape index (κ1) is 27.5. The van der Waals surface area contributed by atoms with Gasteiger partial charge in [0.25, 0.3) is 10.0 Å². The van der Waals surface area contributed by atoms with Gasteiger partial charge in [0.1, 0.15) is 0 Å². The van der Waals surface area contributed by atoms with Crippen LogP contribution in [-0.4, -0.2) is 35.5 Å². The summed E-state index contributed by atoms with van der Waals surface area (Å²) in [6, 6.07) is 17.7. The standard InChI is InChI=1S/C25H28ClN3O5S2/c1-18-6-12-22(13-7-18)29(35(3,31)32)16-4-5-25(30)27-20-10-14-23(15-11-20)36(33,34)28-21-9-8-19(2)24(26)17-21/h6-15,17,28H,4-5,16H2,1-3H3,(H,27,30). The Morgan fingerprint density at radius 2 is 1.50 bits per heavy atom. The molecule has 2 N–H and O–H groups in total. The third-order valence-corrected chi connectivity index (χ3v) is 8.36. The second kappa shape index (κ2) is 11.3. The molecule has 0 bridgehead atoms. The molecule has 3 aromatic rings. The van der Waals surface area contributed by atoms with Gasteiger partial charge in [0.2, 0.25) is 15.9 Å². The molecular formula is C25H28ClN3O5S2. The molecule has 3 aromatic carbocycles. The van der Waals surface area contributed by atoms with Gasteiger partial charge in [-0.1, -0.05) is 35.4 Å². The summed E-state index contributed by atoms with van der Waals surface area (Å²) < 4.78 is 53.5. The van der Waals surface area contributed by atoms with Gasteiger partial charge in [-0.15, -0.1) is 0 Å². The molecule has 0 atom stereocenters. The average molecular weight is 550 g/mol. The van der Waals surface area contributed by atoms with Crippen molar-refractivity contribution in [1.82, 2.24) is 0 Å². The number of nitrogens with one attached hydrogen (secondary N) is 2. The minimum Gasteiger partial charge on any atom is -0.326 e. The Morgan fingerprint density at radius 1 is 0.889 bits per heavy atom. The van der Waals surface area contributed by atoms with Crippen LogP contribution in [0.15, 0.2) is 71.6 Å². The first-order chi connectivity index (χ1) is 16.8. The molecule has 0 saturated heterocycles. The summed E-state index contributed by atoms with van der Waals surface area (Å²) in [6.45, 7) is 3.89. The van der Waals surface area contributed by atoms with Gasteiger partial charge in [0.15, 0.2) is 0 Å². The Bertz CT molecular complexity index is 1440. The van der Waals surface area contributed by atoms with Crippen molar-refractivity contribution >= 4 is 54.6 Å². The Morgan fingerprint density at radius 3 is 2.08 bits per heavy atom. The number of aryl methyl sites for hydroxylation is 2. The number of amides is 1. The van der Waals surface area contributed by atoms with Gasteiger partial charge in [-0.25, -0.2) is 16.8 Å². The van der Waals surface area contributed by atoms with Gasteiger partial charge in [-0.3, -0.25) is 13.8 Å².